The van der Waals surface area contributed by atoms with Crippen LogP contribution in [0.3, 0.4) is 0 Å². The molecule has 0 radical (unpaired) electrons. The lowest BCUT2D eigenvalue weighted by Crippen LogP contribution is -2.70. The number of carboxylic acids is 1. The van der Waals surface area contributed by atoms with Gasteiger partial charge in [-0.25, -0.2) is 4.79 Å². The Balaban J connectivity index is 1.91. The number of esters is 2. The number of ether oxygens (including phenoxy) is 2. The molecule has 0 aromatic carbocycles. The zero-order valence-electron chi connectivity index (χ0n) is 26.5. The Labute approximate surface area is 249 Å². The number of carbonyl (C=O) groups excluding carboxylic acids is 4. The van der Waals surface area contributed by atoms with E-state index in [0.29, 0.717) is 50.5 Å². The zero-order chi connectivity index (χ0) is 31.4. The summed E-state index contributed by atoms with van der Waals surface area (Å²) in [5, 5.41) is 10.4. The van der Waals surface area contributed by atoms with Crippen LogP contribution < -0.4 is 0 Å². The predicted octanol–water partition coefficient (Wildman–Crippen LogP) is 6.01. The van der Waals surface area contributed by atoms with Crippen LogP contribution in [0.4, 0.5) is 0 Å². The van der Waals surface area contributed by atoms with Gasteiger partial charge >= 0.3 is 17.9 Å². The van der Waals surface area contributed by atoms with Crippen LogP contribution in [0.5, 0.6) is 0 Å². The van der Waals surface area contributed by atoms with Gasteiger partial charge in [0.25, 0.3) is 0 Å². The van der Waals surface area contributed by atoms with Crippen LogP contribution in [0.25, 0.3) is 0 Å². The number of carboxylic acid groups (broad SMARTS) is 1. The fourth-order valence-corrected chi connectivity index (χ4v) is 9.69. The lowest BCUT2D eigenvalue weighted by molar-refractivity contribution is -0.219. The molecule has 1 N–H and O–H groups in total. The van der Waals surface area contributed by atoms with E-state index in [1.54, 1.807) is 6.92 Å². The lowest BCUT2D eigenvalue weighted by Gasteiger charge is -2.67. The van der Waals surface area contributed by atoms with Crippen molar-refractivity contribution < 1.29 is 38.6 Å². The zero-order valence-corrected chi connectivity index (χ0v) is 26.5. The van der Waals surface area contributed by atoms with E-state index in [0.717, 1.165) is 5.57 Å². The maximum Gasteiger partial charge on any atom is 0.331 e. The molecule has 42 heavy (non-hydrogen) atoms. The number of ketones is 2. The third-order valence-electron chi connectivity index (χ3n) is 11.7. The highest BCUT2D eigenvalue weighted by Gasteiger charge is 2.74. The SMILES string of the molecule is CCC(=O)O[C@@H]1C(=O)[C@@]2(C)[C@@H](CC[C@H]3/C(=C(\CCC=C(C)C)C(=O)O)[C@@H](OC(C)=O)C[C@@]32C)[C@@]2(C)CCC(=O)[C@@H](C)[C@H]12. The molecule has 0 aromatic heterocycles. The minimum absolute atomic E-state index is 0.0924. The molecular formula is C34H48O8. The lowest BCUT2D eigenvalue weighted by atomic mass is 9.36. The molecule has 9 atom stereocenters. The summed E-state index contributed by atoms with van der Waals surface area (Å²) in [7, 11) is 0. The molecule has 4 fully saturated rings. The normalized spacial score (nSPS) is 40.3. The number of carbonyl (C=O) groups is 5. The van der Waals surface area contributed by atoms with E-state index in [4.69, 9.17) is 9.47 Å². The first-order valence-electron chi connectivity index (χ1n) is 15.6. The first-order chi connectivity index (χ1) is 19.5. The summed E-state index contributed by atoms with van der Waals surface area (Å²) in [6.45, 7) is 15.0. The summed E-state index contributed by atoms with van der Waals surface area (Å²) in [5.74, 6) is -3.33. The minimum Gasteiger partial charge on any atom is -0.478 e. The average molecular weight is 585 g/mol. The minimum atomic E-state index is -1.06. The van der Waals surface area contributed by atoms with Crippen molar-refractivity contribution in [3.8, 4) is 0 Å². The third-order valence-corrected chi connectivity index (χ3v) is 11.7. The van der Waals surface area contributed by atoms with Gasteiger partial charge < -0.3 is 14.6 Å². The Kier molecular flexibility index (Phi) is 8.71. The van der Waals surface area contributed by atoms with E-state index in [-0.39, 0.29) is 35.4 Å². The van der Waals surface area contributed by atoms with Crippen molar-refractivity contribution >= 4 is 29.5 Å². The van der Waals surface area contributed by atoms with Gasteiger partial charge in [0, 0.05) is 42.6 Å². The van der Waals surface area contributed by atoms with Gasteiger partial charge in [0.05, 0.1) is 0 Å². The molecule has 4 saturated carbocycles. The number of hydrogen-bond donors (Lipinski definition) is 1. The van der Waals surface area contributed by atoms with E-state index in [2.05, 4.69) is 6.92 Å². The van der Waals surface area contributed by atoms with E-state index >= 15 is 0 Å². The molecule has 232 valence electrons. The predicted molar refractivity (Wildman–Crippen MR) is 156 cm³/mol. The summed E-state index contributed by atoms with van der Waals surface area (Å²) >= 11 is 0. The van der Waals surface area contributed by atoms with Gasteiger partial charge in [-0.05, 0) is 80.6 Å². The Morgan fingerprint density at radius 1 is 1.05 bits per heavy atom. The Bertz CT molecular complexity index is 1240. The second-order valence-electron chi connectivity index (χ2n) is 14.1. The Morgan fingerprint density at radius 3 is 2.29 bits per heavy atom. The highest BCUT2D eigenvalue weighted by atomic mass is 16.6. The second kappa shape index (κ2) is 11.4. The van der Waals surface area contributed by atoms with Gasteiger partial charge in [0.15, 0.2) is 11.9 Å². The Hall–Kier alpha value is -2.77. The first kappa shape index (κ1) is 32.2. The van der Waals surface area contributed by atoms with Crippen LogP contribution in [-0.4, -0.2) is 46.8 Å². The maximum atomic E-state index is 14.9. The molecule has 0 saturated heterocycles. The Morgan fingerprint density at radius 2 is 1.71 bits per heavy atom. The smallest absolute Gasteiger partial charge is 0.331 e. The summed E-state index contributed by atoms with van der Waals surface area (Å²) < 4.78 is 11.8. The molecule has 8 heteroatoms. The molecule has 0 spiro atoms. The van der Waals surface area contributed by atoms with Crippen LogP contribution >= 0.6 is 0 Å². The molecule has 0 aromatic rings. The van der Waals surface area contributed by atoms with Crippen molar-refractivity contribution in [2.45, 2.75) is 119 Å². The van der Waals surface area contributed by atoms with Gasteiger partial charge in [-0.15, -0.1) is 0 Å². The highest BCUT2D eigenvalue weighted by Crippen LogP contribution is 2.73. The average Bonchev–Trinajstić information content (AvgIpc) is 3.18. The summed E-state index contributed by atoms with van der Waals surface area (Å²) in [5.41, 5.74) is -0.220. The second-order valence-corrected chi connectivity index (χ2v) is 14.1. The van der Waals surface area contributed by atoms with Gasteiger partial charge in [0.1, 0.15) is 11.9 Å². The molecule has 0 bridgehead atoms. The van der Waals surface area contributed by atoms with E-state index in [1.165, 1.54) is 6.92 Å². The van der Waals surface area contributed by atoms with Crippen molar-refractivity contribution in [1.29, 1.82) is 0 Å². The number of fused-ring (bicyclic) bond motifs is 5. The van der Waals surface area contributed by atoms with Crippen LogP contribution in [0.2, 0.25) is 0 Å². The number of Topliss-reactive ketones (excluding diaryl/α,β-unsaturated/α-hetero) is 2. The van der Waals surface area contributed by atoms with E-state index in [9.17, 15) is 29.1 Å². The van der Waals surface area contributed by atoms with Crippen molar-refractivity contribution in [2.75, 3.05) is 0 Å². The van der Waals surface area contributed by atoms with Gasteiger partial charge in [-0.1, -0.05) is 46.3 Å². The van der Waals surface area contributed by atoms with Gasteiger partial charge in [-0.3, -0.25) is 19.2 Å². The summed E-state index contributed by atoms with van der Waals surface area (Å²) in [6.07, 6.45) is 3.80. The first-order valence-corrected chi connectivity index (χ1v) is 15.6. The van der Waals surface area contributed by atoms with Crippen molar-refractivity contribution in [1.82, 2.24) is 0 Å². The molecule has 0 heterocycles. The monoisotopic (exact) mass is 584 g/mol. The number of rotatable bonds is 7. The molecule has 4 aliphatic carbocycles. The molecule has 4 rings (SSSR count). The molecular weight excluding hydrogens is 536 g/mol. The number of hydrogen-bond acceptors (Lipinski definition) is 7. The molecule has 0 aliphatic heterocycles. The number of allylic oxidation sites excluding steroid dienone is 2. The van der Waals surface area contributed by atoms with Crippen LogP contribution in [0.15, 0.2) is 22.8 Å². The quantitative estimate of drug-likeness (QED) is 0.219. The van der Waals surface area contributed by atoms with Crippen molar-refractivity contribution in [3.05, 3.63) is 22.8 Å². The largest absolute Gasteiger partial charge is 0.478 e. The molecule has 0 unspecified atom stereocenters. The highest BCUT2D eigenvalue weighted by molar-refractivity contribution is 5.95. The van der Waals surface area contributed by atoms with E-state index < -0.39 is 58.2 Å². The molecule has 0 amide bonds. The fourth-order valence-electron chi connectivity index (χ4n) is 9.69. The van der Waals surface area contributed by atoms with E-state index in [1.807, 2.05) is 40.7 Å². The standard InChI is InChI=1S/C34H48O8/c1-9-26(37)42-29-28-19(4)23(36)15-16-32(28,6)25-14-13-22-27(21(31(39)40)12-10-11-18(2)3)24(41-20(5)35)17-33(22,7)34(25,8)30(29)38/h11,19,22,24-25,28-29H,9-10,12-17H2,1-8H3,(H,39,40)/b27-21-/t19-,22+,24+,25+,28-,29+,32-,33+,34-/m1/s1. The van der Waals surface area contributed by atoms with Gasteiger partial charge in [0.2, 0.25) is 0 Å². The van der Waals surface area contributed by atoms with Crippen LogP contribution in [-0.2, 0) is 33.4 Å². The molecule has 8 nitrogen and oxygen atoms in total. The summed E-state index contributed by atoms with van der Waals surface area (Å²) in [4.78, 5) is 65.6. The third kappa shape index (κ3) is 4.86. The fraction of sp³-hybridized carbons (Fsp3) is 0.735. The van der Waals surface area contributed by atoms with Crippen LogP contribution in [0.1, 0.15) is 107 Å². The summed E-state index contributed by atoms with van der Waals surface area (Å²) in [6, 6.07) is 0. The van der Waals surface area contributed by atoms with Crippen molar-refractivity contribution in [2.24, 2.45) is 39.9 Å². The van der Waals surface area contributed by atoms with Crippen molar-refractivity contribution in [3.63, 3.8) is 0 Å². The molecule has 4 aliphatic rings. The number of aliphatic carboxylic acids is 1. The topological polar surface area (TPSA) is 124 Å². The van der Waals surface area contributed by atoms with Gasteiger partial charge in [-0.2, -0.15) is 0 Å². The maximum absolute atomic E-state index is 14.9. The van der Waals surface area contributed by atoms with Crippen LogP contribution in [0, 0.1) is 39.9 Å².